The van der Waals surface area contributed by atoms with Crippen LogP contribution >= 0.6 is 0 Å². The summed E-state index contributed by atoms with van der Waals surface area (Å²) in [5.74, 6) is 0.361. The lowest BCUT2D eigenvalue weighted by atomic mass is 9.84. The molecule has 1 aromatic carbocycles. The van der Waals surface area contributed by atoms with Crippen LogP contribution in [-0.4, -0.2) is 60.4 Å². The second kappa shape index (κ2) is 5.07. The number of hydrogen-bond acceptors (Lipinski definition) is 3. The van der Waals surface area contributed by atoms with Crippen LogP contribution in [0.3, 0.4) is 0 Å². The highest BCUT2D eigenvalue weighted by molar-refractivity contribution is 7.88. The van der Waals surface area contributed by atoms with Crippen LogP contribution in [0.1, 0.15) is 16.8 Å². The van der Waals surface area contributed by atoms with E-state index in [1.807, 2.05) is 30.5 Å². The van der Waals surface area contributed by atoms with Gasteiger partial charge >= 0.3 is 0 Å². The van der Waals surface area contributed by atoms with E-state index in [-0.39, 0.29) is 11.9 Å². The number of H-pyrrole nitrogens is 1. The molecule has 6 nitrogen and oxygen atoms in total. The molecule has 122 valence electrons. The number of sulfonamides is 1. The number of hydrogen-bond donors (Lipinski definition) is 1. The average molecular weight is 333 g/mol. The molecule has 4 rings (SSSR count). The Hall–Kier alpha value is -1.86. The molecule has 1 aromatic heterocycles. The van der Waals surface area contributed by atoms with Gasteiger partial charge in [0.2, 0.25) is 10.0 Å². The molecular weight excluding hydrogens is 314 g/mol. The molecule has 2 atom stereocenters. The normalized spacial score (nSPS) is 25.2. The summed E-state index contributed by atoms with van der Waals surface area (Å²) in [6, 6.07) is 7.53. The number of carbonyl (C=O) groups excluding carboxylic acids is 1. The first-order valence-electron chi connectivity index (χ1n) is 7.77. The molecule has 23 heavy (non-hydrogen) atoms. The summed E-state index contributed by atoms with van der Waals surface area (Å²) in [5.41, 5.74) is 1.58. The molecule has 3 heterocycles. The molecule has 0 saturated carbocycles. The molecular formula is C16H19N3O3S. The van der Waals surface area contributed by atoms with Gasteiger partial charge in [0.15, 0.2) is 0 Å². The van der Waals surface area contributed by atoms with E-state index in [2.05, 4.69) is 4.98 Å². The van der Waals surface area contributed by atoms with E-state index in [9.17, 15) is 13.2 Å². The Bertz CT molecular complexity index is 874. The summed E-state index contributed by atoms with van der Waals surface area (Å²) in [4.78, 5) is 17.6. The number of rotatable bonds is 2. The van der Waals surface area contributed by atoms with E-state index in [0.29, 0.717) is 31.1 Å². The molecule has 7 heteroatoms. The summed E-state index contributed by atoms with van der Waals surface area (Å²) in [7, 11) is -3.18. The van der Waals surface area contributed by atoms with Gasteiger partial charge in [-0.1, -0.05) is 6.07 Å². The average Bonchev–Trinajstić information content (AvgIpc) is 2.93. The predicted molar refractivity (Wildman–Crippen MR) is 87.6 cm³/mol. The van der Waals surface area contributed by atoms with Crippen molar-refractivity contribution in [2.75, 3.05) is 25.9 Å². The molecule has 2 fully saturated rings. The lowest BCUT2D eigenvalue weighted by Crippen LogP contribution is -2.65. The first-order valence-corrected chi connectivity index (χ1v) is 9.61. The van der Waals surface area contributed by atoms with Crippen LogP contribution in [0.15, 0.2) is 30.5 Å². The Morgan fingerprint density at radius 1 is 1.26 bits per heavy atom. The van der Waals surface area contributed by atoms with E-state index in [1.165, 1.54) is 10.6 Å². The maximum Gasteiger partial charge on any atom is 0.253 e. The highest BCUT2D eigenvalue weighted by atomic mass is 32.2. The van der Waals surface area contributed by atoms with Crippen LogP contribution in [0.4, 0.5) is 0 Å². The summed E-state index contributed by atoms with van der Waals surface area (Å²) in [6.07, 6.45) is 3.96. The van der Waals surface area contributed by atoms with Gasteiger partial charge in [-0.25, -0.2) is 8.42 Å². The van der Waals surface area contributed by atoms with Gasteiger partial charge in [-0.2, -0.15) is 4.31 Å². The summed E-state index contributed by atoms with van der Waals surface area (Å²) >= 11 is 0. The smallest absolute Gasteiger partial charge is 0.253 e. The fourth-order valence-corrected chi connectivity index (χ4v) is 4.87. The van der Waals surface area contributed by atoms with E-state index in [0.717, 1.165) is 17.3 Å². The van der Waals surface area contributed by atoms with Gasteiger partial charge in [0.1, 0.15) is 0 Å². The minimum atomic E-state index is -3.18. The SMILES string of the molecule is CS(=O)(=O)N1C[C@H]2CCN(C(=O)c3ccc4cc[nH]c4c3)C[C@H]21. The summed E-state index contributed by atoms with van der Waals surface area (Å²) in [6.45, 7) is 1.78. The summed E-state index contributed by atoms with van der Waals surface area (Å²) in [5, 5.41) is 1.07. The molecule has 1 amide bonds. The number of fused-ring (bicyclic) bond motifs is 2. The number of nitrogens with zero attached hydrogens (tertiary/aromatic N) is 2. The standard InChI is InChI=1S/C16H19N3O3S/c1-23(21,22)19-9-13-5-7-18(10-15(13)19)16(20)12-3-2-11-4-6-17-14(11)8-12/h2-4,6,8,13,15,17H,5,7,9-10H2,1H3/t13-,15-/m1/s1. The van der Waals surface area contributed by atoms with Crippen molar-refractivity contribution in [1.29, 1.82) is 0 Å². The van der Waals surface area contributed by atoms with Crippen LogP contribution in [0, 0.1) is 5.92 Å². The number of carbonyl (C=O) groups is 1. The van der Waals surface area contributed by atoms with Crippen molar-refractivity contribution in [3.8, 4) is 0 Å². The largest absolute Gasteiger partial charge is 0.361 e. The third kappa shape index (κ3) is 2.44. The maximum atomic E-state index is 12.7. The molecule has 1 N–H and O–H groups in total. The Morgan fingerprint density at radius 2 is 2.09 bits per heavy atom. The highest BCUT2D eigenvalue weighted by Gasteiger charge is 2.47. The molecule has 0 radical (unpaired) electrons. The Balaban J connectivity index is 1.54. The number of amides is 1. The van der Waals surface area contributed by atoms with Gasteiger partial charge in [0.25, 0.3) is 5.91 Å². The van der Waals surface area contributed by atoms with Crippen LogP contribution < -0.4 is 0 Å². The van der Waals surface area contributed by atoms with Crippen LogP contribution in [-0.2, 0) is 10.0 Å². The van der Waals surface area contributed by atoms with E-state index >= 15 is 0 Å². The lowest BCUT2D eigenvalue weighted by molar-refractivity contribution is 0.0141. The summed E-state index contributed by atoms with van der Waals surface area (Å²) < 4.78 is 25.0. The zero-order valence-electron chi connectivity index (χ0n) is 12.9. The number of aromatic nitrogens is 1. The van der Waals surface area contributed by atoms with Gasteiger partial charge in [0, 0.05) is 43.0 Å². The van der Waals surface area contributed by atoms with Crippen molar-refractivity contribution >= 4 is 26.8 Å². The van der Waals surface area contributed by atoms with Crippen molar-refractivity contribution < 1.29 is 13.2 Å². The minimum Gasteiger partial charge on any atom is -0.361 e. The van der Waals surface area contributed by atoms with E-state index in [1.54, 1.807) is 4.90 Å². The van der Waals surface area contributed by atoms with Crippen molar-refractivity contribution in [3.63, 3.8) is 0 Å². The number of aromatic amines is 1. The highest BCUT2D eigenvalue weighted by Crippen LogP contribution is 2.34. The molecule has 2 aromatic rings. The van der Waals surface area contributed by atoms with E-state index < -0.39 is 10.0 Å². The Kier molecular flexibility index (Phi) is 3.24. The number of piperidine rings is 1. The first-order chi connectivity index (χ1) is 10.9. The Morgan fingerprint density at radius 3 is 2.87 bits per heavy atom. The monoisotopic (exact) mass is 333 g/mol. The van der Waals surface area contributed by atoms with E-state index in [4.69, 9.17) is 0 Å². The fraction of sp³-hybridized carbons (Fsp3) is 0.438. The van der Waals surface area contributed by atoms with Crippen molar-refractivity contribution in [3.05, 3.63) is 36.0 Å². The zero-order valence-corrected chi connectivity index (χ0v) is 13.7. The Labute approximate surface area is 135 Å². The number of likely N-dealkylation sites (tertiary alicyclic amines) is 1. The van der Waals surface area contributed by atoms with Gasteiger partial charge in [-0.05, 0) is 35.9 Å². The van der Waals surface area contributed by atoms with Crippen molar-refractivity contribution in [2.24, 2.45) is 5.92 Å². The molecule has 0 bridgehead atoms. The molecule has 0 spiro atoms. The molecule has 0 unspecified atom stereocenters. The zero-order chi connectivity index (χ0) is 16.2. The van der Waals surface area contributed by atoms with Gasteiger partial charge in [-0.3, -0.25) is 4.79 Å². The second-order valence-electron chi connectivity index (χ2n) is 6.48. The molecule has 2 aliphatic rings. The molecule has 2 aliphatic heterocycles. The fourth-order valence-electron chi connectivity index (χ4n) is 3.68. The van der Waals surface area contributed by atoms with Crippen LogP contribution in [0.2, 0.25) is 0 Å². The molecule has 2 saturated heterocycles. The topological polar surface area (TPSA) is 73.5 Å². The third-order valence-electron chi connectivity index (χ3n) is 5.02. The predicted octanol–water partition coefficient (Wildman–Crippen LogP) is 1.27. The van der Waals surface area contributed by atoms with Crippen molar-refractivity contribution in [2.45, 2.75) is 12.5 Å². The first kappa shape index (κ1) is 14.7. The lowest BCUT2D eigenvalue weighted by Gasteiger charge is -2.51. The molecule has 0 aliphatic carbocycles. The quantitative estimate of drug-likeness (QED) is 0.899. The minimum absolute atomic E-state index is 0.0275. The third-order valence-corrected chi connectivity index (χ3v) is 6.29. The van der Waals surface area contributed by atoms with Gasteiger partial charge in [0.05, 0.1) is 6.26 Å². The number of nitrogens with one attached hydrogen (secondary N) is 1. The van der Waals surface area contributed by atoms with Gasteiger partial charge in [-0.15, -0.1) is 0 Å². The van der Waals surface area contributed by atoms with Crippen LogP contribution in [0.5, 0.6) is 0 Å². The number of benzene rings is 1. The van der Waals surface area contributed by atoms with Crippen LogP contribution in [0.25, 0.3) is 10.9 Å². The second-order valence-corrected chi connectivity index (χ2v) is 8.41. The van der Waals surface area contributed by atoms with Gasteiger partial charge < -0.3 is 9.88 Å². The maximum absolute atomic E-state index is 12.7. The van der Waals surface area contributed by atoms with Crippen molar-refractivity contribution in [1.82, 2.24) is 14.2 Å².